The van der Waals surface area contributed by atoms with Crippen molar-refractivity contribution in [3.05, 3.63) is 38.3 Å². The Balaban J connectivity index is 2.32. The largest absolute Gasteiger partial charge is 0.485 e. The number of nitrogens with zero attached hydrogens (tertiary/aromatic N) is 5. The van der Waals surface area contributed by atoms with Crippen LogP contribution in [-0.4, -0.2) is 62.8 Å². The molecule has 188 valence electrons. The summed E-state index contributed by atoms with van der Waals surface area (Å²) in [4.78, 5) is 62.9. The Hall–Kier alpha value is -2.58. The molecule has 0 saturated carbocycles. The van der Waals surface area contributed by atoms with E-state index in [-0.39, 0.29) is 49.4 Å². The van der Waals surface area contributed by atoms with Crippen molar-refractivity contribution >= 4 is 32.9 Å². The van der Waals surface area contributed by atoms with Crippen LogP contribution in [0.1, 0.15) is 18.4 Å². The van der Waals surface area contributed by atoms with E-state index in [0.29, 0.717) is 0 Å². The number of amides is 1. The molecule has 17 nitrogen and oxygen atoms in total. The quantitative estimate of drug-likeness (QED) is 0.0544. The number of rotatable bonds is 13. The van der Waals surface area contributed by atoms with Crippen LogP contribution in [0.25, 0.3) is 10.4 Å². The number of ether oxygens (including phenoxy) is 1. The van der Waals surface area contributed by atoms with Gasteiger partial charge in [-0.3, -0.25) is 24.0 Å². The Morgan fingerprint density at radius 3 is 2.38 bits per heavy atom. The third kappa shape index (κ3) is 8.33. The molecule has 0 radical (unpaired) electrons. The van der Waals surface area contributed by atoms with Crippen LogP contribution < -0.4 is 9.64 Å². The predicted molar refractivity (Wildman–Crippen MR) is 113 cm³/mol. The van der Waals surface area contributed by atoms with Crippen molar-refractivity contribution in [2.24, 2.45) is 5.11 Å². The molecule has 0 saturated heterocycles. The highest BCUT2D eigenvalue weighted by molar-refractivity contribution is 7.46. The first kappa shape index (κ1) is 27.7. The maximum atomic E-state index is 12.6. The molecule has 1 aliphatic heterocycles. The van der Waals surface area contributed by atoms with Crippen molar-refractivity contribution in [1.82, 2.24) is 0 Å². The summed E-state index contributed by atoms with van der Waals surface area (Å²) in [6.45, 7) is -1.54. The number of phosphoric acid groups is 2. The SMILES string of the molecule is [N-]=[N+]=NCCCC(=O)N1CCc2c(OC(COP(=O)(O)O)COP(=O)(O)O)ccc([N+](=O)[O-])c21. The monoisotopic (exact) mass is 525 g/mol. The molecule has 1 heterocycles. The Morgan fingerprint density at radius 2 is 1.85 bits per heavy atom. The molecule has 34 heavy (non-hydrogen) atoms. The van der Waals surface area contributed by atoms with Gasteiger partial charge in [-0.2, -0.15) is 0 Å². The van der Waals surface area contributed by atoms with E-state index in [1.54, 1.807) is 0 Å². The zero-order valence-electron chi connectivity index (χ0n) is 17.4. The van der Waals surface area contributed by atoms with Crippen molar-refractivity contribution in [1.29, 1.82) is 0 Å². The van der Waals surface area contributed by atoms with E-state index in [1.807, 2.05) is 0 Å². The Morgan fingerprint density at radius 1 is 1.24 bits per heavy atom. The number of azide groups is 1. The molecule has 2 rings (SSSR count). The average Bonchev–Trinajstić information content (AvgIpc) is 3.17. The molecule has 1 aliphatic rings. The van der Waals surface area contributed by atoms with Crippen LogP contribution >= 0.6 is 15.6 Å². The van der Waals surface area contributed by atoms with Gasteiger partial charge >= 0.3 is 15.6 Å². The van der Waals surface area contributed by atoms with Gasteiger partial charge in [0.25, 0.3) is 5.69 Å². The fourth-order valence-corrected chi connectivity index (χ4v) is 3.85. The highest BCUT2D eigenvalue weighted by Gasteiger charge is 2.35. The highest BCUT2D eigenvalue weighted by Crippen LogP contribution is 2.44. The molecule has 1 amide bonds. The van der Waals surface area contributed by atoms with E-state index in [4.69, 9.17) is 29.8 Å². The third-order valence-electron chi connectivity index (χ3n) is 4.43. The smallest absolute Gasteiger partial charge is 0.469 e. The topological polar surface area (TPSA) is 255 Å². The fraction of sp³-hybridized carbons (Fsp3) is 0.533. The number of hydrogen-bond donors (Lipinski definition) is 4. The summed E-state index contributed by atoms with van der Waals surface area (Å²) in [6, 6.07) is 2.25. The molecular formula is C15H21N5O12P2. The average molecular weight is 525 g/mol. The van der Waals surface area contributed by atoms with Gasteiger partial charge < -0.3 is 29.2 Å². The maximum absolute atomic E-state index is 12.6. The Bertz CT molecular complexity index is 1040. The summed E-state index contributed by atoms with van der Waals surface area (Å²) in [7, 11) is -9.93. The molecule has 0 aliphatic carbocycles. The van der Waals surface area contributed by atoms with Gasteiger partial charge in [0.1, 0.15) is 17.5 Å². The zero-order valence-corrected chi connectivity index (χ0v) is 19.2. The van der Waals surface area contributed by atoms with Crippen LogP contribution in [0.15, 0.2) is 17.2 Å². The maximum Gasteiger partial charge on any atom is 0.469 e. The van der Waals surface area contributed by atoms with Gasteiger partial charge in [0.05, 0.1) is 18.1 Å². The van der Waals surface area contributed by atoms with Crippen molar-refractivity contribution in [2.45, 2.75) is 25.4 Å². The Kier molecular flexibility index (Phi) is 9.53. The molecule has 0 spiro atoms. The van der Waals surface area contributed by atoms with Crippen molar-refractivity contribution < 1.29 is 52.2 Å². The molecule has 1 aromatic rings. The molecule has 0 atom stereocenters. The lowest BCUT2D eigenvalue weighted by Crippen LogP contribution is -2.29. The van der Waals surface area contributed by atoms with Gasteiger partial charge in [-0.25, -0.2) is 9.13 Å². The minimum Gasteiger partial charge on any atom is -0.485 e. The van der Waals surface area contributed by atoms with Crippen LogP contribution in [0, 0.1) is 10.1 Å². The van der Waals surface area contributed by atoms with Crippen LogP contribution in [0.3, 0.4) is 0 Å². The number of nitro benzene ring substituents is 1. The van der Waals surface area contributed by atoms with Crippen molar-refractivity contribution in [2.75, 3.05) is 31.2 Å². The van der Waals surface area contributed by atoms with Crippen molar-refractivity contribution in [3.63, 3.8) is 0 Å². The van der Waals surface area contributed by atoms with Gasteiger partial charge in [-0.05, 0) is 24.4 Å². The number of carbonyl (C=O) groups is 1. The number of carbonyl (C=O) groups excluding carboxylic acids is 1. The lowest BCUT2D eigenvalue weighted by molar-refractivity contribution is -0.384. The highest BCUT2D eigenvalue weighted by atomic mass is 31.2. The van der Waals surface area contributed by atoms with Gasteiger partial charge in [0.15, 0.2) is 0 Å². The summed E-state index contributed by atoms with van der Waals surface area (Å²) in [6.07, 6.45) is -1.13. The Labute approximate surface area is 191 Å². The number of phosphoric ester groups is 2. The van der Waals surface area contributed by atoms with Crippen LogP contribution in [-0.2, 0) is 29.4 Å². The molecule has 1 aromatic carbocycles. The lowest BCUT2D eigenvalue weighted by atomic mass is 10.1. The van der Waals surface area contributed by atoms with E-state index in [0.717, 1.165) is 6.07 Å². The summed E-state index contributed by atoms with van der Waals surface area (Å²) in [5.41, 5.74) is 8.11. The van der Waals surface area contributed by atoms with Gasteiger partial charge in [0, 0.05) is 36.1 Å². The second-order valence-electron chi connectivity index (χ2n) is 6.83. The van der Waals surface area contributed by atoms with E-state index in [1.165, 1.54) is 11.0 Å². The van der Waals surface area contributed by atoms with E-state index < -0.39 is 51.5 Å². The number of nitro groups is 1. The molecule has 0 aromatic heterocycles. The number of hydrogen-bond acceptors (Lipinski definition) is 9. The summed E-state index contributed by atoms with van der Waals surface area (Å²) in [5.74, 6) is -0.489. The number of fused-ring (bicyclic) bond motifs is 1. The van der Waals surface area contributed by atoms with E-state index in [9.17, 15) is 24.0 Å². The minimum absolute atomic E-state index is 0.0291. The molecule has 4 N–H and O–H groups in total. The third-order valence-corrected chi connectivity index (χ3v) is 5.41. The van der Waals surface area contributed by atoms with Gasteiger partial charge in [-0.15, -0.1) is 0 Å². The van der Waals surface area contributed by atoms with Crippen molar-refractivity contribution in [3.8, 4) is 5.75 Å². The summed E-state index contributed by atoms with van der Waals surface area (Å²) < 4.78 is 36.3. The number of anilines is 1. The first-order valence-corrected chi connectivity index (χ1v) is 12.6. The first-order valence-electron chi connectivity index (χ1n) is 9.50. The van der Waals surface area contributed by atoms with Crippen LogP contribution in [0.5, 0.6) is 5.75 Å². The predicted octanol–water partition coefficient (Wildman–Crippen LogP) is 1.54. The lowest BCUT2D eigenvalue weighted by Gasteiger charge is -2.22. The molecule has 0 unspecified atom stereocenters. The van der Waals surface area contributed by atoms with E-state index in [2.05, 4.69) is 19.1 Å². The van der Waals surface area contributed by atoms with Gasteiger partial charge in [-0.1, -0.05) is 5.11 Å². The van der Waals surface area contributed by atoms with Gasteiger partial charge in [0.2, 0.25) is 5.91 Å². The van der Waals surface area contributed by atoms with Crippen LogP contribution in [0.4, 0.5) is 11.4 Å². The normalized spacial score (nSPS) is 13.5. The zero-order chi connectivity index (χ0) is 25.5. The molecule has 0 fully saturated rings. The molecular weight excluding hydrogens is 504 g/mol. The fourth-order valence-electron chi connectivity index (χ4n) is 3.13. The molecule has 0 bridgehead atoms. The summed E-state index contributed by atoms with van der Waals surface area (Å²) in [5, 5.41) is 14.9. The minimum atomic E-state index is -4.97. The first-order chi connectivity index (χ1) is 15.8. The standard InChI is InChI=1S/C15H21N5O12P2/c16-18-17-6-1-2-14(21)19-7-5-11-13(4-3-12(15(11)19)20(22)23)32-10(8-30-33(24,25)26)9-31-34(27,28)29/h3-4,10H,1-2,5-9H2,(H2,24,25,26)(H2,27,28,29). The second kappa shape index (κ2) is 11.7. The van der Waals surface area contributed by atoms with E-state index >= 15 is 0 Å². The number of benzene rings is 1. The van der Waals surface area contributed by atoms with Crippen LogP contribution in [0.2, 0.25) is 0 Å². The summed E-state index contributed by atoms with van der Waals surface area (Å²) >= 11 is 0. The molecule has 19 heteroatoms. The second-order valence-corrected chi connectivity index (χ2v) is 9.31.